The largest absolute Gasteiger partial charge is 0.550 e. The number of nitrogens with zero attached hydrogens (tertiary/aromatic N) is 1. The molecular weight excluding hydrogens is 210 g/mol. The van der Waals surface area contributed by atoms with Crippen molar-refractivity contribution in [3.05, 3.63) is 36.0 Å². The highest BCUT2D eigenvalue weighted by molar-refractivity contribution is 5.91. The van der Waals surface area contributed by atoms with Gasteiger partial charge in [0, 0.05) is 23.5 Å². The molecule has 0 aliphatic carbocycles. The van der Waals surface area contributed by atoms with Gasteiger partial charge in [0.2, 0.25) is 0 Å². The summed E-state index contributed by atoms with van der Waals surface area (Å²) in [6, 6.07) is 8.36. The molecule has 0 bridgehead atoms. The molecule has 0 amide bonds. The van der Waals surface area contributed by atoms with E-state index in [0.29, 0.717) is 10.9 Å². The summed E-state index contributed by atoms with van der Waals surface area (Å²) in [5.74, 6) is -1.30. The normalized spacial score (nSPS) is 10.5. The van der Waals surface area contributed by atoms with Crippen LogP contribution in [0, 0.1) is 0 Å². The molecule has 0 fully saturated rings. The summed E-state index contributed by atoms with van der Waals surface area (Å²) in [6.45, 7) is 0. The van der Waals surface area contributed by atoms with Gasteiger partial charge in [-0.1, -0.05) is 18.2 Å². The van der Waals surface area contributed by atoms with E-state index in [1.165, 1.54) is 0 Å². The third kappa shape index (κ3) is 1.63. The van der Waals surface area contributed by atoms with E-state index in [1.807, 2.05) is 0 Å². The molecule has 1 aromatic carbocycles. The Hall–Kier alpha value is -2.30. The highest BCUT2D eigenvalue weighted by atomic mass is 16.4. The summed E-state index contributed by atoms with van der Waals surface area (Å²) in [7, 11) is 0. The van der Waals surface area contributed by atoms with Gasteiger partial charge < -0.3 is 15.0 Å². The highest BCUT2D eigenvalue weighted by Crippen LogP contribution is 2.19. The summed E-state index contributed by atoms with van der Waals surface area (Å²) in [5, 5.41) is 20.2. The fraction of sp³-hybridized carbons (Fsp3) is 0.0909. The van der Waals surface area contributed by atoms with Crippen molar-refractivity contribution in [1.29, 1.82) is 0 Å². The lowest BCUT2D eigenvalue weighted by atomic mass is 10.2. The molecular formula is C11H8NO4-. The first kappa shape index (κ1) is 10.2. The number of hydrogen-bond donors (Lipinski definition) is 1. The van der Waals surface area contributed by atoms with Crippen LogP contribution < -0.4 is 5.11 Å². The van der Waals surface area contributed by atoms with Gasteiger partial charge in [0.25, 0.3) is 0 Å². The molecule has 0 aliphatic heterocycles. The number of aliphatic carboxylic acids is 1. The molecule has 0 saturated carbocycles. The number of carbonyl (C=O) groups excluding carboxylic acids is 1. The number of aromatic nitrogens is 1. The highest BCUT2D eigenvalue weighted by Gasteiger charge is 2.13. The van der Waals surface area contributed by atoms with Crippen molar-refractivity contribution in [3.8, 4) is 0 Å². The van der Waals surface area contributed by atoms with Gasteiger partial charge in [0.1, 0.15) is 0 Å². The summed E-state index contributed by atoms with van der Waals surface area (Å²) < 4.78 is 0.963. The zero-order valence-electron chi connectivity index (χ0n) is 8.21. The van der Waals surface area contributed by atoms with E-state index in [1.54, 1.807) is 30.3 Å². The molecule has 0 saturated heterocycles. The van der Waals surface area contributed by atoms with Crippen molar-refractivity contribution >= 4 is 23.0 Å². The Balaban J connectivity index is 2.68. The fourth-order valence-electron chi connectivity index (χ4n) is 1.72. The molecule has 0 spiro atoms. The van der Waals surface area contributed by atoms with Crippen LogP contribution in [0.1, 0.15) is 5.69 Å². The van der Waals surface area contributed by atoms with Gasteiger partial charge >= 0.3 is 6.09 Å². The average molecular weight is 218 g/mol. The molecule has 16 heavy (non-hydrogen) atoms. The van der Waals surface area contributed by atoms with Crippen LogP contribution in [0.25, 0.3) is 10.9 Å². The smallest absolute Gasteiger partial charge is 0.416 e. The molecule has 5 heteroatoms. The van der Waals surface area contributed by atoms with E-state index in [-0.39, 0.29) is 5.69 Å². The second-order valence-corrected chi connectivity index (χ2v) is 3.36. The summed E-state index contributed by atoms with van der Waals surface area (Å²) in [4.78, 5) is 21.5. The van der Waals surface area contributed by atoms with E-state index in [2.05, 4.69) is 0 Å². The molecule has 0 aliphatic rings. The van der Waals surface area contributed by atoms with Gasteiger partial charge in [-0.25, -0.2) is 9.36 Å². The predicted octanol–water partition coefficient (Wildman–Crippen LogP) is 0.460. The van der Waals surface area contributed by atoms with Crippen molar-refractivity contribution < 1.29 is 19.8 Å². The first-order valence-electron chi connectivity index (χ1n) is 4.62. The van der Waals surface area contributed by atoms with Crippen LogP contribution >= 0.6 is 0 Å². The van der Waals surface area contributed by atoms with Crippen molar-refractivity contribution in [1.82, 2.24) is 4.57 Å². The van der Waals surface area contributed by atoms with Crippen molar-refractivity contribution in [2.24, 2.45) is 0 Å². The summed E-state index contributed by atoms with van der Waals surface area (Å²) >= 11 is 0. The van der Waals surface area contributed by atoms with E-state index in [0.717, 1.165) is 4.57 Å². The lowest BCUT2D eigenvalue weighted by molar-refractivity contribution is -0.304. The first-order valence-corrected chi connectivity index (χ1v) is 4.62. The molecule has 2 rings (SSSR count). The van der Waals surface area contributed by atoms with E-state index < -0.39 is 18.5 Å². The Labute approximate surface area is 90.5 Å². The Morgan fingerprint density at radius 3 is 2.62 bits per heavy atom. The van der Waals surface area contributed by atoms with Crippen LogP contribution in [0.5, 0.6) is 0 Å². The second-order valence-electron chi connectivity index (χ2n) is 3.36. The molecule has 82 valence electrons. The fourth-order valence-corrected chi connectivity index (χ4v) is 1.72. The molecule has 5 nitrogen and oxygen atoms in total. The minimum absolute atomic E-state index is 0.203. The van der Waals surface area contributed by atoms with Gasteiger partial charge in [0.05, 0.1) is 5.52 Å². The third-order valence-electron chi connectivity index (χ3n) is 2.30. The lowest BCUT2D eigenvalue weighted by Crippen LogP contribution is -2.26. The third-order valence-corrected chi connectivity index (χ3v) is 2.30. The molecule has 0 atom stereocenters. The van der Waals surface area contributed by atoms with Crippen LogP contribution in [0.3, 0.4) is 0 Å². The topological polar surface area (TPSA) is 82.4 Å². The van der Waals surface area contributed by atoms with E-state index in [9.17, 15) is 14.7 Å². The number of carboxylic acid groups (broad SMARTS) is 2. The Bertz CT molecular complexity index is 570. The second kappa shape index (κ2) is 3.69. The van der Waals surface area contributed by atoms with Crippen molar-refractivity contribution in [2.75, 3.05) is 0 Å². The minimum atomic E-state index is -1.30. The van der Waals surface area contributed by atoms with Crippen LogP contribution in [-0.4, -0.2) is 21.7 Å². The predicted molar refractivity (Wildman–Crippen MR) is 54.1 cm³/mol. The number of rotatable bonds is 2. The Morgan fingerprint density at radius 2 is 2.00 bits per heavy atom. The molecule has 0 radical (unpaired) electrons. The molecule has 0 unspecified atom stereocenters. The molecule has 1 aromatic heterocycles. The van der Waals surface area contributed by atoms with Crippen molar-refractivity contribution in [2.45, 2.75) is 6.42 Å². The summed E-state index contributed by atoms with van der Waals surface area (Å²) in [5.41, 5.74) is 0.681. The maximum Gasteiger partial charge on any atom is 0.416 e. The SMILES string of the molecule is O=C([O-])Cc1cc2ccccc2n1C(=O)O. The zero-order valence-corrected chi connectivity index (χ0v) is 8.21. The number of carbonyl (C=O) groups is 2. The van der Waals surface area contributed by atoms with Crippen LogP contribution in [-0.2, 0) is 11.2 Å². The lowest BCUT2D eigenvalue weighted by Gasteiger charge is -2.05. The standard InChI is InChI=1S/C11H9NO4/c13-10(14)6-8-5-7-3-1-2-4-9(7)12(8)11(15)16/h1-5H,6H2,(H,13,14)(H,15,16)/p-1. The van der Waals surface area contributed by atoms with Crippen LogP contribution in [0.2, 0.25) is 0 Å². The number of fused-ring (bicyclic) bond motifs is 1. The van der Waals surface area contributed by atoms with E-state index in [4.69, 9.17) is 5.11 Å². The number of benzene rings is 1. The zero-order chi connectivity index (χ0) is 11.7. The maximum absolute atomic E-state index is 11.0. The van der Waals surface area contributed by atoms with Gasteiger partial charge in [-0.15, -0.1) is 0 Å². The van der Waals surface area contributed by atoms with Gasteiger partial charge in [-0.05, 0) is 12.1 Å². The monoisotopic (exact) mass is 218 g/mol. The average Bonchev–Trinajstić information content (AvgIpc) is 2.53. The molecule has 2 aromatic rings. The Morgan fingerprint density at radius 1 is 1.31 bits per heavy atom. The van der Waals surface area contributed by atoms with Crippen LogP contribution in [0.4, 0.5) is 4.79 Å². The number of hydrogen-bond acceptors (Lipinski definition) is 3. The van der Waals surface area contributed by atoms with Crippen molar-refractivity contribution in [3.63, 3.8) is 0 Å². The maximum atomic E-state index is 11.0. The first-order chi connectivity index (χ1) is 7.59. The number of para-hydroxylation sites is 1. The molecule has 1 N–H and O–H groups in total. The van der Waals surface area contributed by atoms with Crippen LogP contribution in [0.15, 0.2) is 30.3 Å². The number of carboxylic acids is 1. The molecule has 1 heterocycles. The Kier molecular flexibility index (Phi) is 2.36. The van der Waals surface area contributed by atoms with E-state index >= 15 is 0 Å². The minimum Gasteiger partial charge on any atom is -0.550 e. The van der Waals surface area contributed by atoms with Gasteiger partial charge in [-0.3, -0.25) is 0 Å². The van der Waals surface area contributed by atoms with Gasteiger partial charge in [-0.2, -0.15) is 0 Å². The summed E-state index contributed by atoms with van der Waals surface area (Å²) in [6.07, 6.45) is -1.61. The quantitative estimate of drug-likeness (QED) is 0.793. The van der Waals surface area contributed by atoms with Gasteiger partial charge in [0.15, 0.2) is 0 Å².